The molecule has 2 heteroatoms. The molecule has 0 aromatic heterocycles. The van der Waals surface area contributed by atoms with E-state index in [4.69, 9.17) is 0 Å². The minimum absolute atomic E-state index is 0.353. The quantitative estimate of drug-likeness (QED) is 0.235. The van der Waals surface area contributed by atoms with Gasteiger partial charge in [0.05, 0.1) is 0 Å². The van der Waals surface area contributed by atoms with Gasteiger partial charge in [0.2, 0.25) is 0 Å². The molecule has 23 heavy (non-hydrogen) atoms. The molecule has 1 nitrogen and oxygen atoms in total. The second-order valence-electron chi connectivity index (χ2n) is 6.98. The van der Waals surface area contributed by atoms with Gasteiger partial charge in [-0.15, -0.1) is 0 Å². The minimum atomic E-state index is 0.353. The average molecular weight is 343 g/mol. The third kappa shape index (κ3) is 20.0. The van der Waals surface area contributed by atoms with Crippen molar-refractivity contribution in [1.82, 2.24) is 0 Å². The summed E-state index contributed by atoms with van der Waals surface area (Å²) in [6.45, 7) is 2.29. The van der Waals surface area contributed by atoms with E-state index in [-0.39, 0.29) is 0 Å². The number of carbonyl (C=O) groups excluding carboxylic acids is 1. The van der Waals surface area contributed by atoms with Crippen molar-refractivity contribution in [1.29, 1.82) is 0 Å². The Bertz CT molecular complexity index is 240. The summed E-state index contributed by atoms with van der Waals surface area (Å²) in [6.07, 6.45) is 26.4. The zero-order valence-electron chi connectivity index (χ0n) is 16.0. The van der Waals surface area contributed by atoms with E-state index in [0.717, 1.165) is 12.8 Å². The van der Waals surface area contributed by atoms with Crippen molar-refractivity contribution < 1.29 is 4.79 Å². The second-order valence-corrected chi connectivity index (χ2v) is 7.85. The monoisotopic (exact) mass is 342 g/mol. The van der Waals surface area contributed by atoms with Crippen LogP contribution in [0.4, 0.5) is 0 Å². The highest BCUT2D eigenvalue weighted by atomic mass is 32.2. The minimum Gasteiger partial charge on any atom is -0.287 e. The number of unbranched alkanes of at least 4 members (excludes halogenated alkanes) is 16. The maximum atomic E-state index is 11.1. The van der Waals surface area contributed by atoms with Gasteiger partial charge in [-0.25, -0.2) is 0 Å². The molecule has 0 fully saturated rings. The molecule has 0 unspecified atom stereocenters. The van der Waals surface area contributed by atoms with Crippen molar-refractivity contribution in [2.45, 2.75) is 122 Å². The first-order chi connectivity index (χ1) is 11.3. The van der Waals surface area contributed by atoms with E-state index in [1.54, 1.807) is 0 Å². The number of carbonyl (C=O) groups is 1. The Kier molecular flexibility index (Phi) is 20.1. The van der Waals surface area contributed by atoms with E-state index in [9.17, 15) is 4.79 Å². The summed E-state index contributed by atoms with van der Waals surface area (Å²) in [5.41, 5.74) is 0. The van der Waals surface area contributed by atoms with Gasteiger partial charge in [-0.05, 0) is 12.7 Å². The van der Waals surface area contributed by atoms with E-state index >= 15 is 0 Å². The van der Waals surface area contributed by atoms with E-state index < -0.39 is 0 Å². The molecule has 0 aliphatic carbocycles. The summed E-state index contributed by atoms with van der Waals surface area (Å²) < 4.78 is 0. The molecule has 0 saturated heterocycles. The Morgan fingerprint density at radius 1 is 0.565 bits per heavy atom. The van der Waals surface area contributed by atoms with Crippen LogP contribution in [0, 0.1) is 0 Å². The SMILES string of the molecule is CCCCCCCCCCCCCCCCCCCC(=O)SC. The Balaban J connectivity index is 2.99. The molecule has 0 heterocycles. The Morgan fingerprint density at radius 3 is 1.17 bits per heavy atom. The Morgan fingerprint density at radius 2 is 0.870 bits per heavy atom. The van der Waals surface area contributed by atoms with Crippen LogP contribution in [0.5, 0.6) is 0 Å². The van der Waals surface area contributed by atoms with Crippen LogP contribution in [0.1, 0.15) is 122 Å². The van der Waals surface area contributed by atoms with Crippen LogP contribution in [-0.2, 0) is 4.79 Å². The molecule has 0 amide bonds. The topological polar surface area (TPSA) is 17.1 Å². The van der Waals surface area contributed by atoms with Gasteiger partial charge in [-0.1, -0.05) is 121 Å². The van der Waals surface area contributed by atoms with Crippen LogP contribution < -0.4 is 0 Å². The van der Waals surface area contributed by atoms with Gasteiger partial charge in [0.25, 0.3) is 0 Å². The maximum absolute atomic E-state index is 11.1. The first-order valence-corrected chi connectivity index (χ1v) is 11.6. The third-order valence-corrected chi connectivity index (χ3v) is 5.37. The normalized spacial score (nSPS) is 11.0. The molecular weight excluding hydrogens is 300 g/mol. The van der Waals surface area contributed by atoms with Gasteiger partial charge in [-0.2, -0.15) is 0 Å². The van der Waals surface area contributed by atoms with Crippen molar-refractivity contribution in [3.8, 4) is 0 Å². The van der Waals surface area contributed by atoms with Crippen LogP contribution in [-0.4, -0.2) is 11.4 Å². The molecule has 0 aliphatic rings. The zero-order valence-corrected chi connectivity index (χ0v) is 16.9. The fourth-order valence-electron chi connectivity index (χ4n) is 3.10. The lowest BCUT2D eigenvalue weighted by atomic mass is 10.0. The molecular formula is C21H42OS. The van der Waals surface area contributed by atoms with Crippen molar-refractivity contribution in [3.05, 3.63) is 0 Å². The van der Waals surface area contributed by atoms with Crippen LogP contribution in [0.25, 0.3) is 0 Å². The summed E-state index contributed by atoms with van der Waals surface area (Å²) in [6, 6.07) is 0. The van der Waals surface area contributed by atoms with Gasteiger partial charge >= 0.3 is 0 Å². The predicted octanol–water partition coefficient (Wildman–Crippen LogP) is 7.92. The zero-order chi connectivity index (χ0) is 17.0. The highest BCUT2D eigenvalue weighted by Crippen LogP contribution is 2.14. The van der Waals surface area contributed by atoms with Crippen LogP contribution in [0.3, 0.4) is 0 Å². The summed E-state index contributed by atoms with van der Waals surface area (Å²) >= 11 is 1.37. The molecule has 0 rings (SSSR count). The van der Waals surface area contributed by atoms with Crippen LogP contribution in [0.2, 0.25) is 0 Å². The smallest absolute Gasteiger partial charge is 0.188 e. The van der Waals surface area contributed by atoms with Gasteiger partial charge < -0.3 is 0 Å². The van der Waals surface area contributed by atoms with Crippen molar-refractivity contribution >= 4 is 16.9 Å². The van der Waals surface area contributed by atoms with Gasteiger partial charge in [0.1, 0.15) is 0 Å². The van der Waals surface area contributed by atoms with E-state index in [0.29, 0.717) is 5.12 Å². The lowest BCUT2D eigenvalue weighted by Crippen LogP contribution is -1.89. The summed E-state index contributed by atoms with van der Waals surface area (Å²) in [4.78, 5) is 11.1. The average Bonchev–Trinajstić information content (AvgIpc) is 2.57. The molecule has 0 saturated carbocycles. The third-order valence-electron chi connectivity index (χ3n) is 4.71. The highest BCUT2D eigenvalue weighted by molar-refractivity contribution is 8.13. The predicted molar refractivity (Wildman–Crippen MR) is 107 cm³/mol. The van der Waals surface area contributed by atoms with Crippen molar-refractivity contribution in [2.24, 2.45) is 0 Å². The fourth-order valence-corrected chi connectivity index (χ4v) is 3.44. The van der Waals surface area contributed by atoms with Crippen LogP contribution in [0.15, 0.2) is 0 Å². The Labute approximate surface area is 150 Å². The summed E-state index contributed by atoms with van der Waals surface area (Å²) in [7, 11) is 0. The molecule has 0 N–H and O–H groups in total. The highest BCUT2D eigenvalue weighted by Gasteiger charge is 1.98. The first kappa shape index (κ1) is 23.0. The maximum Gasteiger partial charge on any atom is 0.188 e. The van der Waals surface area contributed by atoms with Gasteiger partial charge in [0, 0.05) is 6.42 Å². The largest absolute Gasteiger partial charge is 0.287 e. The molecule has 0 atom stereocenters. The van der Waals surface area contributed by atoms with E-state index in [1.807, 2.05) is 6.26 Å². The van der Waals surface area contributed by atoms with Gasteiger partial charge in [-0.3, -0.25) is 4.79 Å². The number of hydrogen-bond acceptors (Lipinski definition) is 2. The number of rotatable bonds is 18. The molecule has 0 bridgehead atoms. The molecule has 0 spiro atoms. The molecule has 138 valence electrons. The van der Waals surface area contributed by atoms with Gasteiger partial charge in [0.15, 0.2) is 5.12 Å². The van der Waals surface area contributed by atoms with E-state index in [2.05, 4.69) is 6.92 Å². The number of thioether (sulfide) groups is 1. The summed E-state index contributed by atoms with van der Waals surface area (Å²) in [5.74, 6) is 0. The van der Waals surface area contributed by atoms with Crippen molar-refractivity contribution in [2.75, 3.05) is 6.26 Å². The van der Waals surface area contributed by atoms with Crippen molar-refractivity contribution in [3.63, 3.8) is 0 Å². The Hall–Kier alpha value is 0.0200. The molecule has 0 aromatic carbocycles. The first-order valence-electron chi connectivity index (χ1n) is 10.4. The lowest BCUT2D eigenvalue weighted by Gasteiger charge is -2.03. The molecule has 0 aliphatic heterocycles. The standard InChI is InChI=1S/C21H42OS/c1-3-4-5-6-7-8-9-10-11-12-13-14-15-16-17-18-19-20-21(22)23-2/h3-20H2,1-2H3. The fraction of sp³-hybridized carbons (Fsp3) is 0.952. The molecule has 0 aromatic rings. The van der Waals surface area contributed by atoms with Crippen LogP contribution >= 0.6 is 11.8 Å². The summed E-state index contributed by atoms with van der Waals surface area (Å²) in [5, 5.41) is 0.353. The van der Waals surface area contributed by atoms with E-state index in [1.165, 1.54) is 114 Å². The number of hydrogen-bond donors (Lipinski definition) is 0. The second kappa shape index (κ2) is 20.1. The lowest BCUT2D eigenvalue weighted by molar-refractivity contribution is -0.111. The molecule has 0 radical (unpaired) electrons.